The van der Waals surface area contributed by atoms with Crippen LogP contribution in [0.3, 0.4) is 0 Å². The molecule has 0 radical (unpaired) electrons. The van der Waals surface area contributed by atoms with E-state index in [1.165, 1.54) is 5.56 Å². The summed E-state index contributed by atoms with van der Waals surface area (Å²) in [5, 5.41) is 10.9. The van der Waals surface area contributed by atoms with Gasteiger partial charge in [-0.05, 0) is 36.6 Å². The summed E-state index contributed by atoms with van der Waals surface area (Å²) < 4.78 is 16.1. The quantitative estimate of drug-likeness (QED) is 0.810. The molecule has 4 atom stereocenters. The fraction of sp³-hybridized carbons (Fsp3) is 0.368. The highest BCUT2D eigenvalue weighted by Gasteiger charge is 2.69. The van der Waals surface area contributed by atoms with Crippen LogP contribution in [-0.4, -0.2) is 20.5 Å². The maximum Gasteiger partial charge on any atom is 0.181 e. The van der Waals surface area contributed by atoms with Gasteiger partial charge in [0.1, 0.15) is 21.9 Å². The molecule has 2 aromatic rings. The molecule has 0 saturated heterocycles. The third-order valence-electron chi connectivity index (χ3n) is 5.51. The summed E-state index contributed by atoms with van der Waals surface area (Å²) in [5.41, 5.74) is 2.07. The minimum Gasteiger partial charge on any atom is -0.388 e. The Balaban J connectivity index is 2.03. The lowest BCUT2D eigenvalue weighted by atomic mass is 9.65. The highest BCUT2D eigenvalue weighted by atomic mass is 32.3. The topological polar surface area (TPSA) is 52.8 Å². The van der Waals surface area contributed by atoms with Gasteiger partial charge >= 0.3 is 0 Å². The Labute approximate surface area is 138 Å². The maximum atomic E-state index is 11.8. The summed E-state index contributed by atoms with van der Waals surface area (Å²) in [7, 11) is -2.47. The summed E-state index contributed by atoms with van der Waals surface area (Å²) in [5.74, 6) is 0.186. The lowest BCUT2D eigenvalue weighted by Crippen LogP contribution is -2.63. The van der Waals surface area contributed by atoms with Crippen molar-refractivity contribution in [3.8, 4) is 0 Å². The van der Waals surface area contributed by atoms with E-state index < -0.39 is 21.0 Å². The zero-order valence-corrected chi connectivity index (χ0v) is 14.0. The number of rotatable bonds is 3. The van der Waals surface area contributed by atoms with Crippen LogP contribution in [0.4, 0.5) is 5.69 Å². The average molecular weight is 328 g/mol. The number of hydrogen-bond donors (Lipinski definition) is 2. The van der Waals surface area contributed by atoms with Crippen LogP contribution in [0.2, 0.25) is 0 Å². The summed E-state index contributed by atoms with van der Waals surface area (Å²) >= 11 is 0. The molecular weight excluding hydrogens is 306 g/mol. The van der Waals surface area contributed by atoms with Crippen LogP contribution >= 0.6 is 0 Å². The molecule has 4 rings (SSSR count). The third kappa shape index (κ3) is 1.86. The number of fused-ring (bicyclic) bond motifs is 3. The van der Waals surface area contributed by atoms with Crippen LogP contribution in [0, 0.1) is 0 Å². The first kappa shape index (κ1) is 15.1. The molecule has 3 nitrogen and oxygen atoms in total. The van der Waals surface area contributed by atoms with Crippen molar-refractivity contribution in [3.05, 3.63) is 60.2 Å². The highest BCUT2D eigenvalue weighted by Crippen LogP contribution is 2.63. The lowest BCUT2D eigenvalue weighted by molar-refractivity contribution is 0.0590. The van der Waals surface area contributed by atoms with Gasteiger partial charge in [-0.1, -0.05) is 47.7 Å². The van der Waals surface area contributed by atoms with Gasteiger partial charge in [0.05, 0.1) is 0 Å². The van der Waals surface area contributed by atoms with E-state index in [9.17, 15) is 9.66 Å². The Kier molecular flexibility index (Phi) is 3.45. The van der Waals surface area contributed by atoms with Crippen LogP contribution in [0.5, 0.6) is 0 Å². The first-order valence-corrected chi connectivity index (χ1v) is 9.78. The van der Waals surface area contributed by atoms with Gasteiger partial charge in [-0.25, -0.2) is 4.55 Å². The van der Waals surface area contributed by atoms with Crippen LogP contribution in [0.1, 0.15) is 37.7 Å². The van der Waals surface area contributed by atoms with Crippen LogP contribution in [-0.2, 0) is 10.1 Å². The molecule has 120 valence electrons. The third-order valence-corrected chi connectivity index (χ3v) is 8.72. The molecule has 1 aliphatic heterocycles. The first-order chi connectivity index (χ1) is 11.1. The normalized spacial score (nSPS) is 32.9. The Hall–Kier alpha value is -1.49. The second-order valence-electron chi connectivity index (χ2n) is 6.48. The number of aliphatic hydroxyl groups is 1. The van der Waals surface area contributed by atoms with Crippen molar-refractivity contribution in [2.75, 3.05) is 0 Å². The molecule has 1 heterocycles. The summed E-state index contributed by atoms with van der Waals surface area (Å²) in [4.78, 5) is 0.853. The zero-order chi connectivity index (χ0) is 16.1. The van der Waals surface area contributed by atoms with Gasteiger partial charge in [-0.3, -0.25) is 0 Å². The van der Waals surface area contributed by atoms with Crippen LogP contribution < -0.4 is 0 Å². The van der Waals surface area contributed by atoms with Crippen LogP contribution in [0.15, 0.2) is 63.9 Å². The predicted octanol–water partition coefficient (Wildman–Crippen LogP) is 4.59. The minimum absolute atomic E-state index is 0.186. The van der Waals surface area contributed by atoms with Crippen molar-refractivity contribution in [1.29, 1.82) is 0 Å². The Morgan fingerprint density at radius 3 is 2.52 bits per heavy atom. The molecule has 0 spiro atoms. The van der Waals surface area contributed by atoms with Gasteiger partial charge in [0, 0.05) is 12.3 Å². The molecule has 1 saturated carbocycles. The second-order valence-corrected chi connectivity index (χ2v) is 8.99. The van der Waals surface area contributed by atoms with E-state index in [1.807, 2.05) is 55.5 Å². The van der Waals surface area contributed by atoms with Gasteiger partial charge in [0.2, 0.25) is 0 Å². The minimum atomic E-state index is -2.47. The SMILES string of the molecule is CC[C@H](O)[C@]12CC[C@H]1c1ccccc1N=[S+]2(O)c1ccccc1. The molecule has 1 fully saturated rings. The van der Waals surface area contributed by atoms with E-state index in [-0.39, 0.29) is 5.92 Å². The van der Waals surface area contributed by atoms with Gasteiger partial charge < -0.3 is 5.11 Å². The monoisotopic (exact) mass is 328 g/mol. The number of benzene rings is 2. The number of nitrogens with zero attached hydrogens (tertiary/aromatic N) is 1. The van der Waals surface area contributed by atoms with E-state index >= 15 is 0 Å². The molecule has 2 N–H and O–H groups in total. The van der Waals surface area contributed by atoms with Crippen molar-refractivity contribution in [1.82, 2.24) is 0 Å². The fourth-order valence-electron chi connectivity index (χ4n) is 4.24. The first-order valence-electron chi connectivity index (χ1n) is 8.24. The van der Waals surface area contributed by atoms with Crippen molar-refractivity contribution in [2.45, 2.75) is 47.9 Å². The van der Waals surface area contributed by atoms with E-state index in [0.29, 0.717) is 6.42 Å². The van der Waals surface area contributed by atoms with E-state index in [1.54, 1.807) is 0 Å². The smallest absolute Gasteiger partial charge is 0.181 e. The van der Waals surface area contributed by atoms with Crippen molar-refractivity contribution < 1.29 is 9.66 Å². The van der Waals surface area contributed by atoms with Gasteiger partial charge in [0.15, 0.2) is 9.64 Å². The van der Waals surface area contributed by atoms with Crippen LogP contribution in [0.25, 0.3) is 0 Å². The largest absolute Gasteiger partial charge is 0.388 e. The molecule has 2 aliphatic rings. The van der Waals surface area contributed by atoms with E-state index in [0.717, 1.165) is 23.4 Å². The summed E-state index contributed by atoms with van der Waals surface area (Å²) in [6.45, 7) is 1.99. The van der Waals surface area contributed by atoms with Gasteiger partial charge in [0.25, 0.3) is 0 Å². The molecule has 0 bridgehead atoms. The van der Waals surface area contributed by atoms with Gasteiger partial charge in [-0.2, -0.15) is 0 Å². The number of hydrogen-bond acceptors (Lipinski definition) is 2. The molecule has 1 aliphatic carbocycles. The molecule has 23 heavy (non-hydrogen) atoms. The van der Waals surface area contributed by atoms with Crippen molar-refractivity contribution in [3.63, 3.8) is 0 Å². The molecule has 0 aromatic heterocycles. The highest BCUT2D eigenvalue weighted by molar-refractivity contribution is 8.01. The Morgan fingerprint density at radius 2 is 1.87 bits per heavy atom. The second kappa shape index (κ2) is 5.26. The number of aliphatic hydroxyl groups excluding tert-OH is 1. The average Bonchev–Trinajstić information content (AvgIpc) is 2.56. The Bertz CT molecular complexity index is 789. The standard InChI is InChI=1S/C19H22NO2S/c1-2-18(21)19-13-12-16(19)15-10-6-7-11-17(15)20-23(19,22)14-8-4-3-5-9-14/h3-11,16,18,21H,2,12-13H2,1H3,(H,20,22)/q+1/t16-,18-,19-,23?/m0/s1. The Morgan fingerprint density at radius 1 is 1.17 bits per heavy atom. The van der Waals surface area contributed by atoms with Gasteiger partial charge in [-0.15, -0.1) is 0 Å². The predicted molar refractivity (Wildman–Crippen MR) is 94.2 cm³/mol. The molecule has 4 heteroatoms. The zero-order valence-electron chi connectivity index (χ0n) is 13.2. The maximum absolute atomic E-state index is 11.8. The molecule has 1 unspecified atom stereocenters. The lowest BCUT2D eigenvalue weighted by Gasteiger charge is -2.53. The van der Waals surface area contributed by atoms with E-state index in [2.05, 4.69) is 6.07 Å². The molecule has 0 amide bonds. The van der Waals surface area contributed by atoms with Crippen molar-refractivity contribution >= 4 is 15.8 Å². The molecular formula is C19H22NO2S+. The summed E-state index contributed by atoms with van der Waals surface area (Å²) in [6, 6.07) is 17.8. The summed E-state index contributed by atoms with van der Waals surface area (Å²) in [6.07, 6.45) is 1.92. The van der Waals surface area contributed by atoms with E-state index in [4.69, 9.17) is 4.36 Å². The fourth-order valence-corrected chi connectivity index (χ4v) is 7.53. The molecule has 2 aromatic carbocycles. The van der Waals surface area contributed by atoms with Crippen molar-refractivity contribution in [2.24, 2.45) is 4.36 Å².